The molecule has 0 amide bonds. The number of benzene rings is 2. The average Bonchev–Trinajstić information content (AvgIpc) is 3.26. The number of hydrogen-bond donors (Lipinski definition) is 0. The van der Waals surface area contributed by atoms with Crippen LogP contribution in [0.15, 0.2) is 78.9 Å². The predicted octanol–water partition coefficient (Wildman–Crippen LogP) is 6.85. The molecule has 0 atom stereocenters. The minimum atomic E-state index is 1.05. The Morgan fingerprint density at radius 2 is 1.04 bits per heavy atom. The molecule has 0 aliphatic rings. The Labute approximate surface area is 147 Å². The summed E-state index contributed by atoms with van der Waals surface area (Å²) in [7, 11) is 0. The zero-order chi connectivity index (χ0) is 15.9. The molecule has 0 N–H and O–H groups in total. The first-order chi connectivity index (χ1) is 11.9. The molecule has 3 aromatic heterocycles. The van der Waals surface area contributed by atoms with Crippen LogP contribution in [0.5, 0.6) is 0 Å². The lowest BCUT2D eigenvalue weighted by Gasteiger charge is -2.00. The molecule has 0 radical (unpaired) electrons. The Hall–Kier alpha value is -2.49. The van der Waals surface area contributed by atoms with Crippen LogP contribution in [0.4, 0.5) is 0 Å². The normalized spacial score (nSPS) is 11.3. The van der Waals surface area contributed by atoms with Gasteiger partial charge in [0, 0.05) is 9.40 Å². The molecule has 0 spiro atoms. The number of pyridine rings is 1. The molecule has 0 aliphatic carbocycles. The number of hydrogen-bond acceptors (Lipinski definition) is 3. The van der Waals surface area contributed by atoms with Crippen LogP contribution in [-0.4, -0.2) is 4.98 Å². The molecule has 0 saturated carbocycles. The molecule has 114 valence electrons. The summed E-state index contributed by atoms with van der Waals surface area (Å²) < 4.78 is 2.61. The van der Waals surface area contributed by atoms with Gasteiger partial charge in [-0.05, 0) is 47.2 Å². The fraction of sp³-hybridized carbons (Fsp3) is 0. The Kier molecular flexibility index (Phi) is 3.21. The van der Waals surface area contributed by atoms with Gasteiger partial charge in [0.25, 0.3) is 0 Å². The van der Waals surface area contributed by atoms with Gasteiger partial charge in [0.2, 0.25) is 0 Å². The van der Waals surface area contributed by atoms with E-state index in [0.29, 0.717) is 0 Å². The summed E-state index contributed by atoms with van der Waals surface area (Å²) in [5.74, 6) is 0. The molecule has 1 nitrogen and oxygen atoms in total. The van der Waals surface area contributed by atoms with Gasteiger partial charge in [0.15, 0.2) is 0 Å². The van der Waals surface area contributed by atoms with Crippen LogP contribution in [0, 0.1) is 0 Å². The van der Waals surface area contributed by atoms with E-state index in [1.165, 1.54) is 29.9 Å². The highest BCUT2D eigenvalue weighted by Crippen LogP contribution is 2.36. The third kappa shape index (κ3) is 2.33. The summed E-state index contributed by atoms with van der Waals surface area (Å²) in [6.07, 6.45) is 0. The van der Waals surface area contributed by atoms with Crippen molar-refractivity contribution in [3.63, 3.8) is 0 Å². The second kappa shape index (κ2) is 5.55. The van der Waals surface area contributed by atoms with Gasteiger partial charge in [-0.25, -0.2) is 4.98 Å². The monoisotopic (exact) mass is 343 g/mol. The van der Waals surface area contributed by atoms with E-state index in [1.807, 2.05) is 0 Å². The van der Waals surface area contributed by atoms with Crippen molar-refractivity contribution in [1.82, 2.24) is 4.98 Å². The molecule has 0 bridgehead atoms. The van der Waals surface area contributed by atoms with Gasteiger partial charge >= 0.3 is 0 Å². The standard InChI is InChI=1S/C21H13NS2/c1-3-10-18-14(6-1)12-20(23-18)16-8-5-9-17(22-16)21-13-15-7-2-4-11-19(15)24-21/h1-13H. The van der Waals surface area contributed by atoms with Crippen molar-refractivity contribution in [1.29, 1.82) is 0 Å². The van der Waals surface area contributed by atoms with Crippen molar-refractivity contribution in [3.05, 3.63) is 78.9 Å². The van der Waals surface area contributed by atoms with Crippen molar-refractivity contribution in [2.75, 3.05) is 0 Å². The number of fused-ring (bicyclic) bond motifs is 2. The molecule has 0 aliphatic heterocycles. The van der Waals surface area contributed by atoms with Crippen molar-refractivity contribution in [3.8, 4) is 21.1 Å². The van der Waals surface area contributed by atoms with Gasteiger partial charge in [-0.15, -0.1) is 22.7 Å². The summed E-state index contributed by atoms with van der Waals surface area (Å²) >= 11 is 3.60. The molecule has 5 rings (SSSR count). The van der Waals surface area contributed by atoms with Gasteiger partial charge < -0.3 is 0 Å². The van der Waals surface area contributed by atoms with Crippen molar-refractivity contribution in [2.45, 2.75) is 0 Å². The van der Waals surface area contributed by atoms with Gasteiger partial charge in [0.05, 0.1) is 21.1 Å². The first-order valence-electron chi connectivity index (χ1n) is 7.82. The zero-order valence-electron chi connectivity index (χ0n) is 12.8. The Bertz CT molecular complexity index is 1010. The summed E-state index contributed by atoms with van der Waals surface area (Å²) in [5, 5.41) is 2.57. The Morgan fingerprint density at radius 1 is 0.542 bits per heavy atom. The van der Waals surface area contributed by atoms with Crippen LogP contribution in [0.1, 0.15) is 0 Å². The van der Waals surface area contributed by atoms with E-state index in [9.17, 15) is 0 Å². The number of rotatable bonds is 2. The SMILES string of the molecule is c1cc(-c2cc3ccccc3s2)nc(-c2cc3ccccc3s2)c1. The van der Waals surface area contributed by atoms with Crippen molar-refractivity contribution in [2.24, 2.45) is 0 Å². The van der Waals surface area contributed by atoms with Crippen LogP contribution in [0.25, 0.3) is 41.3 Å². The Morgan fingerprint density at radius 3 is 1.54 bits per heavy atom. The minimum Gasteiger partial charge on any atom is -0.246 e. The van der Waals surface area contributed by atoms with Gasteiger partial charge in [-0.3, -0.25) is 0 Å². The summed E-state index contributed by atoms with van der Waals surface area (Å²) in [5.41, 5.74) is 2.09. The molecular formula is C21H13NS2. The van der Waals surface area contributed by atoms with E-state index in [-0.39, 0.29) is 0 Å². The van der Waals surface area contributed by atoms with E-state index in [2.05, 4.69) is 78.9 Å². The minimum absolute atomic E-state index is 1.05. The number of nitrogens with zero attached hydrogens (tertiary/aromatic N) is 1. The van der Waals surface area contributed by atoms with Gasteiger partial charge in [-0.2, -0.15) is 0 Å². The average molecular weight is 343 g/mol. The zero-order valence-corrected chi connectivity index (χ0v) is 14.4. The molecule has 2 aromatic carbocycles. The van der Waals surface area contributed by atoms with E-state index in [4.69, 9.17) is 4.98 Å². The highest BCUT2D eigenvalue weighted by atomic mass is 32.1. The molecule has 3 heterocycles. The number of thiophene rings is 2. The lowest BCUT2D eigenvalue weighted by atomic mass is 10.2. The topological polar surface area (TPSA) is 12.9 Å². The molecule has 5 aromatic rings. The molecule has 0 saturated heterocycles. The molecule has 24 heavy (non-hydrogen) atoms. The van der Waals surface area contributed by atoms with Crippen molar-refractivity contribution >= 4 is 42.8 Å². The lowest BCUT2D eigenvalue weighted by Crippen LogP contribution is -1.83. The van der Waals surface area contributed by atoms with Crippen molar-refractivity contribution < 1.29 is 0 Å². The Balaban J connectivity index is 1.62. The van der Waals surface area contributed by atoms with Gasteiger partial charge in [-0.1, -0.05) is 42.5 Å². The highest BCUT2D eigenvalue weighted by Gasteiger charge is 2.09. The summed E-state index contributed by atoms with van der Waals surface area (Å²) in [4.78, 5) is 7.37. The lowest BCUT2D eigenvalue weighted by molar-refractivity contribution is 1.35. The van der Waals surface area contributed by atoms with Crippen LogP contribution < -0.4 is 0 Å². The van der Waals surface area contributed by atoms with Crippen LogP contribution in [-0.2, 0) is 0 Å². The smallest absolute Gasteiger partial charge is 0.0810 e. The maximum absolute atomic E-state index is 4.92. The molecule has 0 unspecified atom stereocenters. The molecule has 3 heteroatoms. The highest BCUT2D eigenvalue weighted by molar-refractivity contribution is 7.22. The maximum atomic E-state index is 4.92. The second-order valence-corrected chi connectivity index (χ2v) is 7.87. The van der Waals surface area contributed by atoms with E-state index in [0.717, 1.165) is 11.4 Å². The van der Waals surface area contributed by atoms with Crippen LogP contribution in [0.3, 0.4) is 0 Å². The quantitative estimate of drug-likeness (QED) is 0.342. The molecule has 0 fully saturated rings. The molecular weight excluding hydrogens is 330 g/mol. The first kappa shape index (κ1) is 13.9. The fourth-order valence-corrected chi connectivity index (χ4v) is 4.99. The van der Waals surface area contributed by atoms with E-state index in [1.54, 1.807) is 22.7 Å². The maximum Gasteiger partial charge on any atom is 0.0810 e. The first-order valence-corrected chi connectivity index (χ1v) is 9.45. The van der Waals surface area contributed by atoms with Crippen LogP contribution in [0.2, 0.25) is 0 Å². The third-order valence-corrected chi connectivity index (χ3v) is 6.38. The van der Waals surface area contributed by atoms with Gasteiger partial charge in [0.1, 0.15) is 0 Å². The summed E-state index contributed by atoms with van der Waals surface area (Å²) in [6.45, 7) is 0. The van der Waals surface area contributed by atoms with Crippen LogP contribution >= 0.6 is 22.7 Å². The predicted molar refractivity (Wildman–Crippen MR) is 106 cm³/mol. The summed E-state index contributed by atoms with van der Waals surface area (Å²) in [6, 6.07) is 27.8. The second-order valence-electron chi connectivity index (χ2n) is 5.71. The third-order valence-electron chi connectivity index (χ3n) is 4.11. The number of aromatic nitrogens is 1. The fourth-order valence-electron chi connectivity index (χ4n) is 2.93. The largest absolute Gasteiger partial charge is 0.246 e. The van der Waals surface area contributed by atoms with E-state index < -0.39 is 0 Å². The van der Waals surface area contributed by atoms with E-state index >= 15 is 0 Å².